The summed E-state index contributed by atoms with van der Waals surface area (Å²) < 4.78 is 15.6. The van der Waals surface area contributed by atoms with E-state index < -0.39 is 18.5 Å². The standard InChI is InChI=1S/C26H26N2O6S/c1-32-20-10-7-9-19(14-20)28-25(30)17-35-23-13-6-4-11-21(23)26(31)34-16-24(29)27-15-18-8-3-5-12-22(18)33-2/h3-14H,15-17H2,1-2H3,(H,27,29)(H,28,30). The normalized spacial score (nSPS) is 10.2. The molecule has 0 unspecified atom stereocenters. The molecule has 0 aromatic heterocycles. The van der Waals surface area contributed by atoms with Gasteiger partial charge in [0.2, 0.25) is 5.91 Å². The van der Waals surface area contributed by atoms with Gasteiger partial charge in [-0.2, -0.15) is 0 Å². The number of benzene rings is 3. The first kappa shape index (κ1) is 25.6. The second-order valence-electron chi connectivity index (χ2n) is 7.23. The maximum absolute atomic E-state index is 12.6. The van der Waals surface area contributed by atoms with E-state index in [0.29, 0.717) is 22.1 Å². The van der Waals surface area contributed by atoms with Crippen LogP contribution in [0.5, 0.6) is 11.5 Å². The predicted molar refractivity (Wildman–Crippen MR) is 134 cm³/mol. The summed E-state index contributed by atoms with van der Waals surface area (Å²) in [5.74, 6) is 0.0607. The fourth-order valence-corrected chi connectivity index (χ4v) is 3.95. The van der Waals surface area contributed by atoms with Crippen LogP contribution in [0.15, 0.2) is 77.7 Å². The number of rotatable bonds is 11. The summed E-state index contributed by atoms with van der Waals surface area (Å²) in [5.41, 5.74) is 1.70. The van der Waals surface area contributed by atoms with Crippen molar-refractivity contribution in [1.82, 2.24) is 5.32 Å². The third-order valence-electron chi connectivity index (χ3n) is 4.82. The highest BCUT2D eigenvalue weighted by atomic mass is 32.2. The first-order valence-corrected chi connectivity index (χ1v) is 11.7. The summed E-state index contributed by atoms with van der Waals surface area (Å²) in [6.45, 7) is -0.182. The van der Waals surface area contributed by atoms with Crippen molar-refractivity contribution in [2.75, 3.05) is 31.9 Å². The van der Waals surface area contributed by atoms with Gasteiger partial charge in [0.05, 0.1) is 25.5 Å². The lowest BCUT2D eigenvalue weighted by atomic mass is 10.2. The maximum Gasteiger partial charge on any atom is 0.339 e. The number of methoxy groups -OCH3 is 2. The minimum absolute atomic E-state index is 0.0842. The Morgan fingerprint density at radius 1 is 0.857 bits per heavy atom. The minimum Gasteiger partial charge on any atom is -0.497 e. The lowest BCUT2D eigenvalue weighted by Gasteiger charge is -2.11. The number of carbonyl (C=O) groups excluding carboxylic acids is 3. The molecule has 0 aliphatic rings. The number of hydrogen-bond acceptors (Lipinski definition) is 7. The largest absolute Gasteiger partial charge is 0.497 e. The molecule has 0 aliphatic carbocycles. The smallest absolute Gasteiger partial charge is 0.339 e. The summed E-state index contributed by atoms with van der Waals surface area (Å²) in [6.07, 6.45) is 0. The Bertz CT molecular complexity index is 1180. The molecule has 3 aromatic rings. The number of amides is 2. The lowest BCUT2D eigenvalue weighted by molar-refractivity contribution is -0.124. The van der Waals surface area contributed by atoms with Gasteiger partial charge in [-0.3, -0.25) is 9.59 Å². The summed E-state index contributed by atoms with van der Waals surface area (Å²) >= 11 is 1.20. The molecule has 35 heavy (non-hydrogen) atoms. The van der Waals surface area contributed by atoms with E-state index in [2.05, 4.69) is 10.6 Å². The van der Waals surface area contributed by atoms with Crippen LogP contribution >= 0.6 is 11.8 Å². The van der Waals surface area contributed by atoms with Crippen molar-refractivity contribution in [3.05, 3.63) is 83.9 Å². The molecule has 9 heteroatoms. The maximum atomic E-state index is 12.6. The molecule has 0 saturated carbocycles. The van der Waals surface area contributed by atoms with E-state index in [0.717, 1.165) is 5.56 Å². The molecule has 2 amide bonds. The van der Waals surface area contributed by atoms with Crippen LogP contribution in [0.2, 0.25) is 0 Å². The summed E-state index contributed by atoms with van der Waals surface area (Å²) in [6, 6.07) is 21.1. The Balaban J connectivity index is 1.50. The quantitative estimate of drug-likeness (QED) is 0.308. The highest BCUT2D eigenvalue weighted by Crippen LogP contribution is 2.24. The van der Waals surface area contributed by atoms with Crippen LogP contribution in [0.3, 0.4) is 0 Å². The van der Waals surface area contributed by atoms with E-state index in [9.17, 15) is 14.4 Å². The number of carbonyl (C=O) groups is 3. The monoisotopic (exact) mass is 494 g/mol. The van der Waals surface area contributed by atoms with E-state index in [1.807, 2.05) is 18.2 Å². The number of hydrogen-bond donors (Lipinski definition) is 2. The van der Waals surface area contributed by atoms with Gasteiger partial charge in [-0.1, -0.05) is 36.4 Å². The highest BCUT2D eigenvalue weighted by molar-refractivity contribution is 8.00. The number of ether oxygens (including phenoxy) is 3. The number of nitrogens with one attached hydrogen (secondary N) is 2. The first-order chi connectivity index (χ1) is 17.0. The molecule has 0 fully saturated rings. The average Bonchev–Trinajstić information content (AvgIpc) is 2.89. The van der Waals surface area contributed by atoms with Crippen molar-refractivity contribution >= 4 is 35.2 Å². The van der Waals surface area contributed by atoms with Gasteiger partial charge < -0.3 is 24.8 Å². The average molecular weight is 495 g/mol. The van der Waals surface area contributed by atoms with Crippen LogP contribution in [0.25, 0.3) is 0 Å². The zero-order valence-electron chi connectivity index (χ0n) is 19.4. The Hall–Kier alpha value is -3.98. The van der Waals surface area contributed by atoms with E-state index in [1.165, 1.54) is 11.8 Å². The molecule has 0 spiro atoms. The van der Waals surface area contributed by atoms with Crippen LogP contribution in [-0.2, 0) is 20.9 Å². The summed E-state index contributed by atoms with van der Waals surface area (Å²) in [7, 11) is 3.11. The van der Waals surface area contributed by atoms with Gasteiger partial charge in [-0.25, -0.2) is 4.79 Å². The Labute approximate surface area is 208 Å². The zero-order valence-corrected chi connectivity index (χ0v) is 20.2. The van der Waals surface area contributed by atoms with Gasteiger partial charge in [0.25, 0.3) is 5.91 Å². The highest BCUT2D eigenvalue weighted by Gasteiger charge is 2.16. The Morgan fingerprint density at radius 2 is 1.63 bits per heavy atom. The third kappa shape index (κ3) is 7.79. The van der Waals surface area contributed by atoms with Crippen LogP contribution in [-0.4, -0.2) is 44.4 Å². The van der Waals surface area contributed by atoms with Crippen LogP contribution in [0, 0.1) is 0 Å². The second-order valence-corrected chi connectivity index (χ2v) is 8.25. The van der Waals surface area contributed by atoms with Gasteiger partial charge in [0.15, 0.2) is 6.61 Å². The Kier molecular flexibility index (Phi) is 9.56. The van der Waals surface area contributed by atoms with Crippen LogP contribution < -0.4 is 20.1 Å². The molecule has 8 nitrogen and oxygen atoms in total. The molecular weight excluding hydrogens is 468 g/mol. The predicted octanol–water partition coefficient (Wildman–Crippen LogP) is 3.91. The van der Waals surface area contributed by atoms with E-state index in [-0.39, 0.29) is 23.8 Å². The van der Waals surface area contributed by atoms with Crippen molar-refractivity contribution in [2.24, 2.45) is 0 Å². The van der Waals surface area contributed by atoms with Crippen molar-refractivity contribution in [3.8, 4) is 11.5 Å². The molecule has 0 saturated heterocycles. The van der Waals surface area contributed by atoms with E-state index in [1.54, 1.807) is 68.8 Å². The first-order valence-electron chi connectivity index (χ1n) is 10.7. The van der Waals surface area contributed by atoms with Crippen molar-refractivity contribution in [3.63, 3.8) is 0 Å². The van der Waals surface area contributed by atoms with E-state index in [4.69, 9.17) is 14.2 Å². The second kappa shape index (κ2) is 13.0. The van der Waals surface area contributed by atoms with Crippen LogP contribution in [0.4, 0.5) is 5.69 Å². The van der Waals surface area contributed by atoms with Gasteiger partial charge >= 0.3 is 5.97 Å². The van der Waals surface area contributed by atoms with Gasteiger partial charge in [-0.15, -0.1) is 11.8 Å². The number of para-hydroxylation sites is 1. The van der Waals surface area contributed by atoms with Gasteiger partial charge in [0.1, 0.15) is 11.5 Å². The fraction of sp³-hybridized carbons (Fsp3) is 0.192. The fourth-order valence-electron chi connectivity index (χ4n) is 3.11. The third-order valence-corrected chi connectivity index (χ3v) is 5.90. The van der Waals surface area contributed by atoms with Crippen molar-refractivity contribution in [2.45, 2.75) is 11.4 Å². The molecule has 0 radical (unpaired) electrons. The topological polar surface area (TPSA) is 103 Å². The SMILES string of the molecule is COc1cccc(NC(=O)CSc2ccccc2C(=O)OCC(=O)NCc2ccccc2OC)c1. The lowest BCUT2D eigenvalue weighted by Crippen LogP contribution is -2.28. The molecule has 0 aliphatic heterocycles. The minimum atomic E-state index is -0.645. The number of thioether (sulfide) groups is 1. The number of esters is 1. The molecule has 0 bridgehead atoms. The zero-order chi connectivity index (χ0) is 25.0. The van der Waals surface area contributed by atoms with Gasteiger partial charge in [0, 0.05) is 28.8 Å². The van der Waals surface area contributed by atoms with Crippen LogP contribution in [0.1, 0.15) is 15.9 Å². The molecule has 0 atom stereocenters. The van der Waals surface area contributed by atoms with E-state index >= 15 is 0 Å². The summed E-state index contributed by atoms with van der Waals surface area (Å²) in [5, 5.41) is 5.50. The molecule has 3 aromatic carbocycles. The number of anilines is 1. The molecule has 182 valence electrons. The molecule has 0 heterocycles. The van der Waals surface area contributed by atoms with Gasteiger partial charge in [-0.05, 0) is 30.3 Å². The molecule has 2 N–H and O–H groups in total. The summed E-state index contributed by atoms with van der Waals surface area (Å²) in [4.78, 5) is 37.7. The Morgan fingerprint density at radius 3 is 2.43 bits per heavy atom. The van der Waals surface area contributed by atoms with Crippen molar-refractivity contribution in [1.29, 1.82) is 0 Å². The molecule has 3 rings (SSSR count). The van der Waals surface area contributed by atoms with Crippen molar-refractivity contribution < 1.29 is 28.6 Å². The molecular formula is C26H26N2O6S.